The van der Waals surface area contributed by atoms with Gasteiger partial charge in [0.1, 0.15) is 5.69 Å². The highest BCUT2D eigenvalue weighted by atomic mass is 79.9. The molecule has 0 bridgehead atoms. The van der Waals surface area contributed by atoms with Crippen molar-refractivity contribution in [2.24, 2.45) is 5.73 Å². The predicted octanol–water partition coefficient (Wildman–Crippen LogP) is 1.33. The number of primary amides is 1. The maximum atomic E-state index is 11.4. The summed E-state index contributed by atoms with van der Waals surface area (Å²) >= 11 is 0.945. The van der Waals surface area contributed by atoms with Gasteiger partial charge in [0.25, 0.3) is 11.1 Å². The Morgan fingerprint density at radius 2 is 2.25 bits per heavy atom. The van der Waals surface area contributed by atoms with Crippen LogP contribution >= 0.6 is 28.7 Å². The van der Waals surface area contributed by atoms with Gasteiger partial charge in [0.05, 0.1) is 0 Å². The van der Waals surface area contributed by atoms with E-state index in [2.05, 4.69) is 10.3 Å². The lowest BCUT2D eigenvalue weighted by atomic mass is 10.2. The van der Waals surface area contributed by atoms with Crippen molar-refractivity contribution in [2.75, 3.05) is 7.05 Å². The lowest BCUT2D eigenvalue weighted by Gasteiger charge is -2.05. The second-order valence-corrected chi connectivity index (χ2v) is 3.68. The number of rotatable bonds is 3. The molecule has 0 saturated carbocycles. The number of aromatic nitrogens is 1. The number of hydrogen-bond donors (Lipinski definition) is 2. The van der Waals surface area contributed by atoms with E-state index >= 15 is 0 Å². The highest BCUT2D eigenvalue weighted by Crippen LogP contribution is 2.14. The lowest BCUT2D eigenvalue weighted by molar-refractivity contribution is 0.0957. The van der Waals surface area contributed by atoms with Gasteiger partial charge < -0.3 is 11.1 Å². The molecule has 0 spiro atoms. The molecule has 0 saturated heterocycles. The molecule has 0 aromatic carbocycles. The van der Waals surface area contributed by atoms with Crippen molar-refractivity contribution in [3.63, 3.8) is 0 Å². The first-order chi connectivity index (χ1) is 7.15. The first-order valence-corrected chi connectivity index (χ1v) is 5.22. The molecule has 0 radical (unpaired) electrons. The van der Waals surface area contributed by atoms with Crippen LogP contribution in [0.4, 0.5) is 4.79 Å². The van der Waals surface area contributed by atoms with Crippen LogP contribution in [0.2, 0.25) is 0 Å². The molecular formula is C9H12BrN3O2S. The Hall–Kier alpha value is -1.08. The summed E-state index contributed by atoms with van der Waals surface area (Å²) in [6.07, 6.45) is 1.53. The zero-order chi connectivity index (χ0) is 11.3. The summed E-state index contributed by atoms with van der Waals surface area (Å²) in [4.78, 5) is 25.9. The molecule has 3 N–H and O–H groups in total. The minimum absolute atomic E-state index is 0. The van der Waals surface area contributed by atoms with Crippen molar-refractivity contribution in [3.8, 4) is 0 Å². The van der Waals surface area contributed by atoms with Crippen LogP contribution in [-0.2, 0) is 5.75 Å². The number of amides is 2. The molecule has 16 heavy (non-hydrogen) atoms. The van der Waals surface area contributed by atoms with Crippen LogP contribution in [0.1, 0.15) is 16.1 Å². The van der Waals surface area contributed by atoms with E-state index in [4.69, 9.17) is 5.73 Å². The van der Waals surface area contributed by atoms with Crippen molar-refractivity contribution in [2.45, 2.75) is 5.75 Å². The minimum atomic E-state index is -0.471. The Morgan fingerprint density at radius 3 is 2.81 bits per heavy atom. The molecule has 5 nitrogen and oxygen atoms in total. The van der Waals surface area contributed by atoms with E-state index in [9.17, 15) is 9.59 Å². The summed E-state index contributed by atoms with van der Waals surface area (Å²) in [6.45, 7) is 0. The van der Waals surface area contributed by atoms with E-state index in [1.165, 1.54) is 13.2 Å². The van der Waals surface area contributed by atoms with E-state index < -0.39 is 5.24 Å². The zero-order valence-corrected chi connectivity index (χ0v) is 11.1. The molecule has 1 heterocycles. The van der Waals surface area contributed by atoms with Gasteiger partial charge in [-0.05, 0) is 11.6 Å². The molecule has 7 heteroatoms. The van der Waals surface area contributed by atoms with Crippen LogP contribution in [0, 0.1) is 0 Å². The highest BCUT2D eigenvalue weighted by molar-refractivity contribution is 8.93. The molecule has 0 fully saturated rings. The summed E-state index contributed by atoms with van der Waals surface area (Å²) in [5, 5.41) is 2.01. The largest absolute Gasteiger partial charge is 0.361 e. The minimum Gasteiger partial charge on any atom is -0.361 e. The number of carbonyl (C=O) groups excluding carboxylic acids is 2. The Morgan fingerprint density at radius 1 is 1.56 bits per heavy atom. The van der Waals surface area contributed by atoms with Crippen LogP contribution in [0.25, 0.3) is 0 Å². The van der Waals surface area contributed by atoms with Crippen LogP contribution in [0.3, 0.4) is 0 Å². The van der Waals surface area contributed by atoms with Crippen molar-refractivity contribution >= 4 is 39.9 Å². The second-order valence-electron chi connectivity index (χ2n) is 2.70. The second kappa shape index (κ2) is 7.24. The summed E-state index contributed by atoms with van der Waals surface area (Å²) in [5.74, 6) is 0.0852. The third kappa shape index (κ3) is 4.19. The summed E-state index contributed by atoms with van der Waals surface area (Å²) in [6, 6.07) is 3.46. The van der Waals surface area contributed by atoms with E-state index in [1.807, 2.05) is 0 Å². The number of halogens is 1. The Bertz CT molecular complexity index is 387. The van der Waals surface area contributed by atoms with Gasteiger partial charge >= 0.3 is 0 Å². The average molecular weight is 306 g/mol. The van der Waals surface area contributed by atoms with Crippen molar-refractivity contribution in [1.29, 1.82) is 0 Å². The number of nitrogens with one attached hydrogen (secondary N) is 1. The van der Waals surface area contributed by atoms with Gasteiger partial charge in [0, 0.05) is 19.0 Å². The maximum Gasteiger partial charge on any atom is 0.276 e. The average Bonchev–Trinajstić information content (AvgIpc) is 2.25. The molecule has 0 unspecified atom stereocenters. The first kappa shape index (κ1) is 14.9. The fourth-order valence-corrected chi connectivity index (χ4v) is 1.56. The van der Waals surface area contributed by atoms with Gasteiger partial charge in [-0.1, -0.05) is 17.8 Å². The number of pyridine rings is 1. The molecule has 1 rings (SSSR count). The molecule has 0 aliphatic heterocycles. The van der Waals surface area contributed by atoms with Gasteiger partial charge in [-0.15, -0.1) is 17.0 Å². The van der Waals surface area contributed by atoms with Crippen molar-refractivity contribution < 1.29 is 9.59 Å². The standard InChI is InChI=1S/C9H11N3O2S.BrH/c1-11-8(13)7-6(3-2-4-12-7)5-15-9(10)14;/h2-4H,5H2,1H3,(H2,10,14)(H,11,13);1H. The SMILES string of the molecule is Br.CNC(=O)c1ncccc1CSC(N)=O. The van der Waals surface area contributed by atoms with E-state index in [1.54, 1.807) is 12.1 Å². The number of carbonyl (C=O) groups is 2. The summed E-state index contributed by atoms with van der Waals surface area (Å²) < 4.78 is 0. The highest BCUT2D eigenvalue weighted by Gasteiger charge is 2.11. The van der Waals surface area contributed by atoms with Gasteiger partial charge in [-0.2, -0.15) is 0 Å². The fourth-order valence-electron chi connectivity index (χ4n) is 1.03. The summed E-state index contributed by atoms with van der Waals surface area (Å²) in [5.41, 5.74) is 6.02. The topological polar surface area (TPSA) is 85.1 Å². The van der Waals surface area contributed by atoms with Crippen LogP contribution in [-0.4, -0.2) is 23.2 Å². The Balaban J connectivity index is 0.00000225. The van der Waals surface area contributed by atoms with Crippen molar-refractivity contribution in [3.05, 3.63) is 29.6 Å². The zero-order valence-electron chi connectivity index (χ0n) is 8.60. The van der Waals surface area contributed by atoms with Crippen LogP contribution in [0.5, 0.6) is 0 Å². The maximum absolute atomic E-state index is 11.4. The molecular weight excluding hydrogens is 294 g/mol. The smallest absolute Gasteiger partial charge is 0.276 e. The Kier molecular flexibility index (Phi) is 6.75. The van der Waals surface area contributed by atoms with E-state index in [0.717, 1.165) is 11.8 Å². The molecule has 0 aliphatic carbocycles. The van der Waals surface area contributed by atoms with Gasteiger partial charge in [0.2, 0.25) is 0 Å². The fraction of sp³-hybridized carbons (Fsp3) is 0.222. The monoisotopic (exact) mass is 305 g/mol. The first-order valence-electron chi connectivity index (χ1n) is 4.23. The number of nitrogens with two attached hydrogens (primary N) is 1. The molecule has 88 valence electrons. The third-order valence-corrected chi connectivity index (χ3v) is 2.44. The van der Waals surface area contributed by atoms with Gasteiger partial charge in [0.15, 0.2) is 0 Å². The molecule has 1 aromatic heterocycles. The molecule has 2 amide bonds. The number of hydrogen-bond acceptors (Lipinski definition) is 4. The van der Waals surface area contributed by atoms with Crippen LogP contribution in [0.15, 0.2) is 18.3 Å². The Labute approximate surface area is 108 Å². The predicted molar refractivity (Wildman–Crippen MR) is 68.8 cm³/mol. The quantitative estimate of drug-likeness (QED) is 0.882. The van der Waals surface area contributed by atoms with Crippen molar-refractivity contribution in [1.82, 2.24) is 10.3 Å². The van der Waals surface area contributed by atoms with Gasteiger partial charge in [-0.25, -0.2) is 0 Å². The third-order valence-electron chi connectivity index (χ3n) is 1.70. The summed E-state index contributed by atoms with van der Waals surface area (Å²) in [7, 11) is 1.53. The number of nitrogens with zero attached hydrogens (tertiary/aromatic N) is 1. The van der Waals surface area contributed by atoms with E-state index in [-0.39, 0.29) is 22.9 Å². The normalized spacial score (nSPS) is 9.06. The van der Waals surface area contributed by atoms with E-state index in [0.29, 0.717) is 17.0 Å². The number of thioether (sulfide) groups is 1. The lowest BCUT2D eigenvalue weighted by Crippen LogP contribution is -2.21. The molecule has 1 aromatic rings. The van der Waals surface area contributed by atoms with Crippen LogP contribution < -0.4 is 11.1 Å². The van der Waals surface area contributed by atoms with Gasteiger partial charge in [-0.3, -0.25) is 14.6 Å². The molecule has 0 atom stereocenters. The molecule has 0 aliphatic rings.